The number of unbranched alkanes of at least 4 members (excludes halogenated alkanes) is 1. The molecule has 0 heterocycles. The largest absolute Gasteiger partial charge is 0.300 e. The van der Waals surface area contributed by atoms with Crippen molar-refractivity contribution >= 4 is 5.78 Å². The maximum Gasteiger partial charge on any atom is 0.132 e. The van der Waals surface area contributed by atoms with Crippen LogP contribution < -0.4 is 0 Å². The van der Waals surface area contributed by atoms with E-state index in [1.54, 1.807) is 0 Å². The van der Waals surface area contributed by atoms with Crippen molar-refractivity contribution in [2.75, 3.05) is 0 Å². The fraction of sp³-hybridized carbons (Fsp3) is 0.917. The van der Waals surface area contributed by atoms with Crippen LogP contribution in [0, 0.1) is 5.92 Å². The first-order valence-corrected chi connectivity index (χ1v) is 5.84. The second-order valence-corrected chi connectivity index (χ2v) is 4.33. The molecule has 13 heavy (non-hydrogen) atoms. The van der Waals surface area contributed by atoms with Crippen LogP contribution in [0.1, 0.15) is 64.7 Å². The molecule has 0 aromatic rings. The zero-order valence-corrected chi connectivity index (χ0v) is 8.85. The molecule has 0 unspecified atom stereocenters. The van der Waals surface area contributed by atoms with Gasteiger partial charge in [0.25, 0.3) is 0 Å². The van der Waals surface area contributed by atoms with Crippen LogP contribution >= 0.6 is 0 Å². The molecule has 0 bridgehead atoms. The molecular weight excluding hydrogens is 160 g/mol. The Labute approximate surface area is 81.9 Å². The monoisotopic (exact) mass is 182 g/mol. The SMILES string of the molecule is CCCCC(=O)CCC1CCCC1. The summed E-state index contributed by atoms with van der Waals surface area (Å²) < 4.78 is 0. The molecular formula is C12H22O. The molecule has 1 rings (SSSR count). The average Bonchev–Trinajstić information content (AvgIpc) is 2.64. The lowest BCUT2D eigenvalue weighted by Gasteiger charge is -2.06. The van der Waals surface area contributed by atoms with Crippen molar-refractivity contribution in [3.05, 3.63) is 0 Å². The number of Topliss-reactive ketones (excluding diaryl/α,β-unsaturated/α-hetero) is 1. The molecule has 0 amide bonds. The Hall–Kier alpha value is -0.330. The number of carbonyl (C=O) groups excluding carboxylic acids is 1. The molecule has 0 aliphatic heterocycles. The van der Waals surface area contributed by atoms with E-state index in [0.29, 0.717) is 5.78 Å². The summed E-state index contributed by atoms with van der Waals surface area (Å²) in [7, 11) is 0. The van der Waals surface area contributed by atoms with Crippen LogP contribution in [0.4, 0.5) is 0 Å². The summed E-state index contributed by atoms with van der Waals surface area (Å²) in [6, 6.07) is 0. The minimum absolute atomic E-state index is 0.494. The summed E-state index contributed by atoms with van der Waals surface area (Å²) >= 11 is 0. The summed E-state index contributed by atoms with van der Waals surface area (Å²) in [5, 5.41) is 0. The molecule has 1 aliphatic carbocycles. The third-order valence-corrected chi connectivity index (χ3v) is 3.12. The summed E-state index contributed by atoms with van der Waals surface area (Å²) in [6.45, 7) is 2.14. The first-order valence-electron chi connectivity index (χ1n) is 5.84. The van der Waals surface area contributed by atoms with Crippen molar-refractivity contribution in [2.24, 2.45) is 5.92 Å². The van der Waals surface area contributed by atoms with Gasteiger partial charge in [0.1, 0.15) is 5.78 Å². The van der Waals surface area contributed by atoms with Crippen molar-refractivity contribution in [3.8, 4) is 0 Å². The lowest BCUT2D eigenvalue weighted by Crippen LogP contribution is -2.01. The van der Waals surface area contributed by atoms with Crippen molar-refractivity contribution < 1.29 is 4.79 Å². The number of rotatable bonds is 6. The second kappa shape index (κ2) is 6.17. The van der Waals surface area contributed by atoms with Gasteiger partial charge in [0.2, 0.25) is 0 Å². The lowest BCUT2D eigenvalue weighted by molar-refractivity contribution is -0.119. The van der Waals surface area contributed by atoms with Crippen LogP contribution in [-0.2, 0) is 4.79 Å². The molecule has 1 heteroatoms. The van der Waals surface area contributed by atoms with E-state index < -0.39 is 0 Å². The van der Waals surface area contributed by atoms with Crippen LogP contribution in [0.25, 0.3) is 0 Å². The molecule has 0 atom stereocenters. The summed E-state index contributed by atoms with van der Waals surface area (Å²) in [5.41, 5.74) is 0. The fourth-order valence-electron chi connectivity index (χ4n) is 2.16. The Bertz CT molecular complexity index is 145. The van der Waals surface area contributed by atoms with Gasteiger partial charge >= 0.3 is 0 Å². The molecule has 0 saturated heterocycles. The zero-order valence-electron chi connectivity index (χ0n) is 8.85. The van der Waals surface area contributed by atoms with E-state index in [0.717, 1.165) is 31.6 Å². The van der Waals surface area contributed by atoms with Gasteiger partial charge in [-0.25, -0.2) is 0 Å². The van der Waals surface area contributed by atoms with E-state index in [1.165, 1.54) is 32.1 Å². The molecule has 1 fully saturated rings. The first-order chi connectivity index (χ1) is 6.33. The summed E-state index contributed by atoms with van der Waals surface area (Å²) in [4.78, 5) is 11.4. The topological polar surface area (TPSA) is 17.1 Å². The van der Waals surface area contributed by atoms with Gasteiger partial charge in [-0.15, -0.1) is 0 Å². The highest BCUT2D eigenvalue weighted by molar-refractivity contribution is 5.78. The number of hydrogen-bond acceptors (Lipinski definition) is 1. The minimum atomic E-state index is 0.494. The predicted octanol–water partition coefficient (Wildman–Crippen LogP) is 3.72. The van der Waals surface area contributed by atoms with Crippen molar-refractivity contribution in [3.63, 3.8) is 0 Å². The third kappa shape index (κ3) is 4.44. The Balaban J connectivity index is 2.00. The van der Waals surface area contributed by atoms with Crippen LogP contribution in [0.2, 0.25) is 0 Å². The van der Waals surface area contributed by atoms with Gasteiger partial charge in [-0.1, -0.05) is 39.0 Å². The predicted molar refractivity (Wildman–Crippen MR) is 55.7 cm³/mol. The number of hydrogen-bond donors (Lipinski definition) is 0. The van der Waals surface area contributed by atoms with Crippen LogP contribution in [-0.4, -0.2) is 5.78 Å². The van der Waals surface area contributed by atoms with E-state index in [2.05, 4.69) is 6.92 Å². The fourth-order valence-corrected chi connectivity index (χ4v) is 2.16. The maximum absolute atomic E-state index is 11.4. The molecule has 0 radical (unpaired) electrons. The van der Waals surface area contributed by atoms with Gasteiger partial charge in [0.05, 0.1) is 0 Å². The molecule has 76 valence electrons. The van der Waals surface area contributed by atoms with Crippen molar-refractivity contribution in [1.82, 2.24) is 0 Å². The molecule has 0 aromatic carbocycles. The molecule has 1 nitrogen and oxygen atoms in total. The molecule has 1 saturated carbocycles. The van der Waals surface area contributed by atoms with E-state index in [-0.39, 0.29) is 0 Å². The van der Waals surface area contributed by atoms with E-state index >= 15 is 0 Å². The van der Waals surface area contributed by atoms with Gasteiger partial charge in [-0.05, 0) is 18.8 Å². The van der Waals surface area contributed by atoms with E-state index in [1.807, 2.05) is 0 Å². The second-order valence-electron chi connectivity index (χ2n) is 4.33. The zero-order chi connectivity index (χ0) is 9.52. The standard InChI is InChI=1S/C12H22O/c1-2-3-8-12(13)10-9-11-6-4-5-7-11/h11H,2-10H2,1H3. The molecule has 0 spiro atoms. The maximum atomic E-state index is 11.4. The van der Waals surface area contributed by atoms with E-state index in [4.69, 9.17) is 0 Å². The quantitative estimate of drug-likeness (QED) is 0.612. The highest BCUT2D eigenvalue weighted by Crippen LogP contribution is 2.28. The van der Waals surface area contributed by atoms with Gasteiger partial charge < -0.3 is 0 Å². The van der Waals surface area contributed by atoms with Crippen LogP contribution in [0.3, 0.4) is 0 Å². The smallest absolute Gasteiger partial charge is 0.132 e. The highest BCUT2D eigenvalue weighted by atomic mass is 16.1. The molecule has 0 aromatic heterocycles. The molecule has 0 N–H and O–H groups in total. The normalized spacial score (nSPS) is 17.9. The highest BCUT2D eigenvalue weighted by Gasteiger charge is 2.15. The number of carbonyl (C=O) groups is 1. The van der Waals surface area contributed by atoms with Gasteiger partial charge in [-0.3, -0.25) is 4.79 Å². The summed E-state index contributed by atoms with van der Waals surface area (Å²) in [6.07, 6.45) is 10.6. The van der Waals surface area contributed by atoms with Crippen LogP contribution in [0.5, 0.6) is 0 Å². The van der Waals surface area contributed by atoms with Gasteiger partial charge in [0, 0.05) is 12.8 Å². The van der Waals surface area contributed by atoms with Gasteiger partial charge in [-0.2, -0.15) is 0 Å². The van der Waals surface area contributed by atoms with Crippen molar-refractivity contribution in [2.45, 2.75) is 64.7 Å². The van der Waals surface area contributed by atoms with Crippen LogP contribution in [0.15, 0.2) is 0 Å². The Kier molecular flexibility index (Phi) is 5.10. The Morgan fingerprint density at radius 1 is 1.23 bits per heavy atom. The average molecular weight is 182 g/mol. The minimum Gasteiger partial charge on any atom is -0.300 e. The first kappa shape index (κ1) is 10.7. The van der Waals surface area contributed by atoms with Gasteiger partial charge in [0.15, 0.2) is 0 Å². The van der Waals surface area contributed by atoms with E-state index in [9.17, 15) is 4.79 Å². The lowest BCUT2D eigenvalue weighted by atomic mass is 9.98. The summed E-state index contributed by atoms with van der Waals surface area (Å²) in [5.74, 6) is 1.37. The molecule has 1 aliphatic rings. The van der Waals surface area contributed by atoms with Crippen molar-refractivity contribution in [1.29, 1.82) is 0 Å². The third-order valence-electron chi connectivity index (χ3n) is 3.12. The number of ketones is 1. The Morgan fingerprint density at radius 2 is 1.92 bits per heavy atom. The Morgan fingerprint density at radius 3 is 2.54 bits per heavy atom.